The van der Waals surface area contributed by atoms with Crippen LogP contribution < -0.4 is 0 Å². The molecule has 4 nitrogen and oxygen atoms in total. The lowest BCUT2D eigenvalue weighted by molar-refractivity contribution is -0.147. The van der Waals surface area contributed by atoms with Crippen LogP contribution in [0.1, 0.15) is 36.7 Å². The number of carbonyl (C=O) groups is 2. The number of esters is 1. The number of carboxylic acid groups (broad SMARTS) is 1. The summed E-state index contributed by atoms with van der Waals surface area (Å²) in [5, 5.41) is 8.80. The highest BCUT2D eigenvalue weighted by molar-refractivity contribution is 5.90. The van der Waals surface area contributed by atoms with Gasteiger partial charge in [-0.2, -0.15) is 0 Å². The van der Waals surface area contributed by atoms with Crippen molar-refractivity contribution in [2.45, 2.75) is 26.4 Å². The Kier molecular flexibility index (Phi) is 4.11. The van der Waals surface area contributed by atoms with Crippen molar-refractivity contribution in [3.63, 3.8) is 0 Å². The van der Waals surface area contributed by atoms with E-state index in [0.717, 1.165) is 0 Å². The minimum Gasteiger partial charge on any atom is -0.478 e. The fraction of sp³-hybridized carbons (Fsp3) is 0.286. The summed E-state index contributed by atoms with van der Waals surface area (Å²) >= 11 is 0. The van der Waals surface area contributed by atoms with Crippen LogP contribution in [0.4, 0.5) is 0 Å². The van der Waals surface area contributed by atoms with Crippen molar-refractivity contribution >= 4 is 11.9 Å². The molecule has 0 radical (unpaired) electrons. The summed E-state index contributed by atoms with van der Waals surface area (Å²) in [7, 11) is 0. The third-order valence-corrected chi connectivity index (χ3v) is 1.82. The first-order chi connectivity index (χ1) is 8.28. The fourth-order valence-corrected chi connectivity index (χ4v) is 1.16. The SMILES string of the molecule is CC(C)(C)OC(=O)C#Cc1cccc(C(=O)O)c1. The molecule has 1 N–H and O–H groups in total. The van der Waals surface area contributed by atoms with Gasteiger partial charge in [0.2, 0.25) is 0 Å². The zero-order valence-electron chi connectivity index (χ0n) is 10.5. The van der Waals surface area contributed by atoms with E-state index in [1.165, 1.54) is 12.1 Å². The lowest BCUT2D eigenvalue weighted by Gasteiger charge is -2.16. The van der Waals surface area contributed by atoms with Crippen molar-refractivity contribution in [2.24, 2.45) is 0 Å². The Bertz CT molecular complexity index is 527. The van der Waals surface area contributed by atoms with E-state index < -0.39 is 17.5 Å². The fourth-order valence-electron chi connectivity index (χ4n) is 1.16. The maximum absolute atomic E-state index is 11.3. The van der Waals surface area contributed by atoms with Gasteiger partial charge in [-0.1, -0.05) is 12.0 Å². The first-order valence-corrected chi connectivity index (χ1v) is 5.36. The second-order valence-electron chi connectivity index (χ2n) is 4.64. The average Bonchev–Trinajstić information content (AvgIpc) is 2.24. The summed E-state index contributed by atoms with van der Waals surface area (Å²) in [6, 6.07) is 6.06. The van der Waals surface area contributed by atoms with Crippen molar-refractivity contribution < 1.29 is 19.4 Å². The molecule has 1 aromatic carbocycles. The van der Waals surface area contributed by atoms with Crippen LogP contribution in [-0.4, -0.2) is 22.6 Å². The lowest BCUT2D eigenvalue weighted by atomic mass is 10.1. The van der Waals surface area contributed by atoms with Crippen molar-refractivity contribution in [3.8, 4) is 11.8 Å². The van der Waals surface area contributed by atoms with Crippen molar-refractivity contribution in [1.29, 1.82) is 0 Å². The Balaban J connectivity index is 2.83. The highest BCUT2D eigenvalue weighted by atomic mass is 16.6. The molecule has 0 aromatic heterocycles. The van der Waals surface area contributed by atoms with E-state index in [1.807, 2.05) is 0 Å². The van der Waals surface area contributed by atoms with Crippen LogP contribution >= 0.6 is 0 Å². The standard InChI is InChI=1S/C14H14O4/c1-14(2,3)18-12(15)8-7-10-5-4-6-11(9-10)13(16)17/h4-6,9H,1-3H3,(H,16,17). The van der Waals surface area contributed by atoms with Crippen LogP contribution in [-0.2, 0) is 9.53 Å². The predicted molar refractivity (Wildman–Crippen MR) is 66.1 cm³/mol. The maximum atomic E-state index is 11.3. The zero-order chi connectivity index (χ0) is 13.8. The molecule has 0 atom stereocenters. The molecule has 94 valence electrons. The predicted octanol–water partition coefficient (Wildman–Crippen LogP) is 2.08. The highest BCUT2D eigenvalue weighted by Gasteiger charge is 2.14. The van der Waals surface area contributed by atoms with E-state index in [2.05, 4.69) is 11.8 Å². The molecule has 18 heavy (non-hydrogen) atoms. The Morgan fingerprint density at radius 3 is 2.50 bits per heavy atom. The van der Waals surface area contributed by atoms with E-state index >= 15 is 0 Å². The molecule has 1 rings (SSSR count). The molecule has 4 heteroatoms. The van der Waals surface area contributed by atoms with Gasteiger partial charge >= 0.3 is 11.9 Å². The topological polar surface area (TPSA) is 63.6 Å². The molecule has 0 fully saturated rings. The van der Waals surface area contributed by atoms with E-state index in [4.69, 9.17) is 9.84 Å². The van der Waals surface area contributed by atoms with Gasteiger partial charge in [-0.3, -0.25) is 0 Å². The molecule has 0 aliphatic carbocycles. The van der Waals surface area contributed by atoms with Gasteiger partial charge in [-0.15, -0.1) is 0 Å². The highest BCUT2D eigenvalue weighted by Crippen LogP contribution is 2.07. The molecular formula is C14H14O4. The van der Waals surface area contributed by atoms with Gasteiger partial charge in [0.15, 0.2) is 0 Å². The van der Waals surface area contributed by atoms with Crippen LogP contribution in [0.15, 0.2) is 24.3 Å². The van der Waals surface area contributed by atoms with Gasteiger partial charge < -0.3 is 9.84 Å². The molecule has 0 amide bonds. The van der Waals surface area contributed by atoms with Crippen LogP contribution in [0.2, 0.25) is 0 Å². The number of hydrogen-bond donors (Lipinski definition) is 1. The quantitative estimate of drug-likeness (QED) is 0.608. The van der Waals surface area contributed by atoms with Crippen molar-refractivity contribution in [3.05, 3.63) is 35.4 Å². The zero-order valence-corrected chi connectivity index (χ0v) is 10.5. The second-order valence-corrected chi connectivity index (χ2v) is 4.64. The normalized spacial score (nSPS) is 10.2. The molecule has 0 spiro atoms. The minimum absolute atomic E-state index is 0.131. The van der Waals surface area contributed by atoms with Gasteiger partial charge in [0.05, 0.1) is 5.56 Å². The number of hydrogen-bond acceptors (Lipinski definition) is 3. The largest absolute Gasteiger partial charge is 0.478 e. The van der Waals surface area contributed by atoms with Crippen LogP contribution in [0.25, 0.3) is 0 Å². The summed E-state index contributed by atoms with van der Waals surface area (Å²) in [4.78, 5) is 22.1. The number of rotatable bonds is 1. The molecule has 0 saturated carbocycles. The molecule has 0 bridgehead atoms. The molecular weight excluding hydrogens is 232 g/mol. The number of ether oxygens (including phenoxy) is 1. The monoisotopic (exact) mass is 246 g/mol. The molecule has 1 aromatic rings. The van der Waals surface area contributed by atoms with E-state index in [0.29, 0.717) is 5.56 Å². The molecule has 0 saturated heterocycles. The van der Waals surface area contributed by atoms with E-state index in [-0.39, 0.29) is 5.56 Å². The van der Waals surface area contributed by atoms with Gasteiger partial charge in [0, 0.05) is 11.5 Å². The Labute approximate surface area is 106 Å². The lowest BCUT2D eigenvalue weighted by Crippen LogP contribution is -2.22. The van der Waals surface area contributed by atoms with Crippen molar-refractivity contribution in [2.75, 3.05) is 0 Å². The van der Waals surface area contributed by atoms with Gasteiger partial charge in [-0.25, -0.2) is 9.59 Å². The van der Waals surface area contributed by atoms with Crippen LogP contribution in [0.3, 0.4) is 0 Å². The molecule has 0 aliphatic rings. The second kappa shape index (κ2) is 5.37. The van der Waals surface area contributed by atoms with E-state index in [1.54, 1.807) is 32.9 Å². The Morgan fingerprint density at radius 1 is 1.28 bits per heavy atom. The first kappa shape index (κ1) is 13.8. The summed E-state index contributed by atoms with van der Waals surface area (Å²) in [6.07, 6.45) is 0. The molecule has 0 heterocycles. The van der Waals surface area contributed by atoms with Gasteiger partial charge in [0.25, 0.3) is 0 Å². The first-order valence-electron chi connectivity index (χ1n) is 5.36. The van der Waals surface area contributed by atoms with Crippen molar-refractivity contribution in [1.82, 2.24) is 0 Å². The van der Waals surface area contributed by atoms with Gasteiger partial charge in [0.1, 0.15) is 5.60 Å². The van der Waals surface area contributed by atoms with Gasteiger partial charge in [-0.05, 0) is 39.0 Å². The average molecular weight is 246 g/mol. The molecule has 0 unspecified atom stereocenters. The summed E-state index contributed by atoms with van der Waals surface area (Å²) in [6.45, 7) is 5.24. The number of carbonyl (C=O) groups excluding carboxylic acids is 1. The van der Waals surface area contributed by atoms with Crippen LogP contribution in [0.5, 0.6) is 0 Å². The Morgan fingerprint density at radius 2 is 1.94 bits per heavy atom. The maximum Gasteiger partial charge on any atom is 0.385 e. The summed E-state index contributed by atoms with van der Waals surface area (Å²) in [5.74, 6) is 3.22. The van der Waals surface area contributed by atoms with Crippen LogP contribution in [0, 0.1) is 11.8 Å². The number of benzene rings is 1. The smallest absolute Gasteiger partial charge is 0.385 e. The third kappa shape index (κ3) is 4.71. The molecule has 0 aliphatic heterocycles. The third-order valence-electron chi connectivity index (χ3n) is 1.82. The number of carboxylic acids is 1. The summed E-state index contributed by atoms with van der Waals surface area (Å²) in [5.41, 5.74) is 0.000966. The summed E-state index contributed by atoms with van der Waals surface area (Å²) < 4.78 is 5.01. The number of aromatic carboxylic acids is 1. The Hall–Kier alpha value is -2.28. The minimum atomic E-state index is -1.03. The van der Waals surface area contributed by atoms with E-state index in [9.17, 15) is 9.59 Å².